The van der Waals surface area contributed by atoms with Gasteiger partial charge in [0.05, 0.1) is 0 Å². The smallest absolute Gasteiger partial charge is 0.117 e. The fourth-order valence-electron chi connectivity index (χ4n) is 1.57. The molecule has 17 heavy (non-hydrogen) atoms. The quantitative estimate of drug-likeness (QED) is 0.577. The second-order valence-corrected chi connectivity index (χ2v) is 3.51. The van der Waals surface area contributed by atoms with Crippen molar-refractivity contribution >= 4 is 5.71 Å². The van der Waals surface area contributed by atoms with Crippen LogP contribution < -0.4 is 0 Å². The first-order valence-corrected chi connectivity index (χ1v) is 5.52. The third-order valence-electron chi connectivity index (χ3n) is 2.34. The average Bonchev–Trinajstić information content (AvgIpc) is 2.42. The van der Waals surface area contributed by atoms with Gasteiger partial charge in [-0.3, -0.25) is 0 Å². The number of oxime groups is 1. The molecule has 2 heteroatoms. The molecular weight excluding hydrogens is 210 g/mol. The summed E-state index contributed by atoms with van der Waals surface area (Å²) in [6.45, 7) is 3.94. The molecule has 85 valence electrons. The number of benzene rings is 2. The van der Waals surface area contributed by atoms with E-state index >= 15 is 0 Å². The lowest BCUT2D eigenvalue weighted by Gasteiger charge is -2.06. The van der Waals surface area contributed by atoms with Gasteiger partial charge >= 0.3 is 0 Å². The molecule has 0 aliphatic rings. The van der Waals surface area contributed by atoms with Crippen LogP contribution in [-0.4, -0.2) is 12.3 Å². The number of nitrogens with zero attached hydrogens (tertiary/aromatic N) is 1. The van der Waals surface area contributed by atoms with Crippen molar-refractivity contribution in [3.8, 4) is 0 Å². The first-order valence-electron chi connectivity index (χ1n) is 5.52. The van der Waals surface area contributed by atoms with Crippen molar-refractivity contribution in [1.29, 1.82) is 0 Å². The zero-order valence-electron chi connectivity index (χ0n) is 9.54. The van der Waals surface area contributed by atoms with Crippen molar-refractivity contribution in [2.75, 3.05) is 6.61 Å². The highest BCUT2D eigenvalue weighted by Gasteiger charge is 2.06. The summed E-state index contributed by atoms with van der Waals surface area (Å²) in [5.74, 6) is 0. The van der Waals surface area contributed by atoms with Gasteiger partial charge in [0, 0.05) is 11.1 Å². The van der Waals surface area contributed by atoms with Gasteiger partial charge in [-0.25, -0.2) is 0 Å². The Labute approximate surface area is 102 Å². The molecule has 0 heterocycles. The molecule has 0 aliphatic carbocycles. The summed E-state index contributed by atoms with van der Waals surface area (Å²) in [6, 6.07) is 19.9. The van der Waals surface area contributed by atoms with Crippen LogP contribution in [0.3, 0.4) is 0 Å². The van der Waals surface area contributed by atoms with Gasteiger partial charge in [0.15, 0.2) is 0 Å². The van der Waals surface area contributed by atoms with E-state index in [0.717, 1.165) is 16.8 Å². The van der Waals surface area contributed by atoms with Crippen LogP contribution in [0.5, 0.6) is 0 Å². The highest BCUT2D eigenvalue weighted by molar-refractivity contribution is 6.12. The van der Waals surface area contributed by atoms with Crippen LogP contribution in [0.1, 0.15) is 11.1 Å². The summed E-state index contributed by atoms with van der Waals surface area (Å²) in [4.78, 5) is 5.08. The largest absolute Gasteiger partial charge is 0.395 e. The summed E-state index contributed by atoms with van der Waals surface area (Å²) < 4.78 is 0. The molecule has 1 radical (unpaired) electrons. The van der Waals surface area contributed by atoms with Crippen LogP contribution in [0.4, 0.5) is 0 Å². The number of hydrogen-bond donors (Lipinski definition) is 0. The van der Waals surface area contributed by atoms with E-state index in [-0.39, 0.29) is 0 Å². The zero-order valence-corrected chi connectivity index (χ0v) is 9.54. The van der Waals surface area contributed by atoms with E-state index < -0.39 is 0 Å². The Morgan fingerprint density at radius 2 is 1.35 bits per heavy atom. The summed E-state index contributed by atoms with van der Waals surface area (Å²) in [5, 5.41) is 4.14. The molecule has 0 amide bonds. The van der Waals surface area contributed by atoms with Crippen LogP contribution in [0.2, 0.25) is 0 Å². The summed E-state index contributed by atoms with van der Waals surface area (Å²) in [5.41, 5.74) is 2.90. The lowest BCUT2D eigenvalue weighted by Crippen LogP contribution is -2.04. The molecule has 2 aromatic rings. The maximum Gasteiger partial charge on any atom is 0.117 e. The monoisotopic (exact) mass is 224 g/mol. The van der Waals surface area contributed by atoms with Crippen molar-refractivity contribution < 1.29 is 4.84 Å². The van der Waals surface area contributed by atoms with E-state index in [0.29, 0.717) is 6.61 Å². The molecule has 0 fully saturated rings. The third-order valence-corrected chi connectivity index (χ3v) is 2.34. The number of hydrogen-bond acceptors (Lipinski definition) is 2. The van der Waals surface area contributed by atoms with Crippen molar-refractivity contribution in [2.24, 2.45) is 5.16 Å². The summed E-state index contributed by atoms with van der Waals surface area (Å²) in [7, 11) is 0. The van der Waals surface area contributed by atoms with Gasteiger partial charge in [-0.15, -0.1) is 0 Å². The second-order valence-electron chi connectivity index (χ2n) is 3.51. The molecule has 0 N–H and O–H groups in total. The minimum atomic E-state index is 0.323. The fraction of sp³-hybridized carbons (Fsp3) is 0.0667. The Morgan fingerprint density at radius 3 is 1.76 bits per heavy atom. The van der Waals surface area contributed by atoms with Crippen molar-refractivity contribution in [3.63, 3.8) is 0 Å². The van der Waals surface area contributed by atoms with Gasteiger partial charge in [-0.05, 0) is 6.92 Å². The zero-order chi connectivity index (χ0) is 11.9. The van der Waals surface area contributed by atoms with E-state index in [1.807, 2.05) is 60.7 Å². The highest BCUT2D eigenvalue weighted by atomic mass is 16.6. The Kier molecular flexibility index (Phi) is 3.92. The molecule has 0 saturated carbocycles. The Bertz CT molecular complexity index is 435. The van der Waals surface area contributed by atoms with E-state index in [2.05, 4.69) is 12.1 Å². The van der Waals surface area contributed by atoms with Gasteiger partial charge in [0.2, 0.25) is 0 Å². The number of rotatable bonds is 4. The normalized spacial score (nSPS) is 9.71. The standard InChI is InChI=1S/C15H14NO/c1-2-17-16-15(13-9-5-3-6-10-13)14-11-7-4-8-12-14/h3-12H,1-2H2. The van der Waals surface area contributed by atoms with Crippen LogP contribution in [-0.2, 0) is 4.84 Å². The van der Waals surface area contributed by atoms with Gasteiger partial charge in [0.25, 0.3) is 0 Å². The topological polar surface area (TPSA) is 21.6 Å². The molecule has 2 rings (SSSR count). The first-order chi connectivity index (χ1) is 8.42. The summed E-state index contributed by atoms with van der Waals surface area (Å²) in [6.07, 6.45) is 0. The van der Waals surface area contributed by atoms with Gasteiger partial charge in [-0.1, -0.05) is 65.8 Å². The molecule has 2 nitrogen and oxygen atoms in total. The molecule has 0 atom stereocenters. The van der Waals surface area contributed by atoms with Gasteiger partial charge < -0.3 is 4.84 Å². The molecule has 0 bridgehead atoms. The van der Waals surface area contributed by atoms with Crippen LogP contribution in [0.25, 0.3) is 0 Å². The van der Waals surface area contributed by atoms with E-state index in [1.165, 1.54) is 0 Å². The van der Waals surface area contributed by atoms with E-state index in [9.17, 15) is 0 Å². The predicted octanol–water partition coefficient (Wildman–Crippen LogP) is 3.29. The minimum absolute atomic E-state index is 0.323. The summed E-state index contributed by atoms with van der Waals surface area (Å²) >= 11 is 0. The van der Waals surface area contributed by atoms with Gasteiger partial charge in [0.1, 0.15) is 12.3 Å². The first kappa shape index (κ1) is 11.4. The molecule has 0 aliphatic heterocycles. The highest BCUT2D eigenvalue weighted by Crippen LogP contribution is 2.10. The lowest BCUT2D eigenvalue weighted by molar-refractivity contribution is 0.173. The SMILES string of the molecule is [CH2]CON=C(c1ccccc1)c1ccccc1. The molecule has 0 aromatic heterocycles. The van der Waals surface area contributed by atoms with Crippen molar-refractivity contribution in [2.45, 2.75) is 0 Å². The predicted molar refractivity (Wildman–Crippen MR) is 69.8 cm³/mol. The van der Waals surface area contributed by atoms with Crippen molar-refractivity contribution in [1.82, 2.24) is 0 Å². The molecular formula is C15H14NO. The average molecular weight is 224 g/mol. The Balaban J connectivity index is 2.40. The van der Waals surface area contributed by atoms with E-state index in [4.69, 9.17) is 4.84 Å². The minimum Gasteiger partial charge on any atom is -0.395 e. The Morgan fingerprint density at radius 1 is 0.882 bits per heavy atom. The maximum absolute atomic E-state index is 5.08. The lowest BCUT2D eigenvalue weighted by atomic mass is 10.0. The van der Waals surface area contributed by atoms with Crippen LogP contribution in [0.15, 0.2) is 65.8 Å². The molecule has 0 spiro atoms. The van der Waals surface area contributed by atoms with E-state index in [1.54, 1.807) is 0 Å². The fourth-order valence-corrected chi connectivity index (χ4v) is 1.57. The molecule has 0 saturated heterocycles. The molecule has 0 unspecified atom stereocenters. The van der Waals surface area contributed by atoms with Gasteiger partial charge in [-0.2, -0.15) is 0 Å². The third kappa shape index (κ3) is 2.94. The van der Waals surface area contributed by atoms with Crippen LogP contribution >= 0.6 is 0 Å². The van der Waals surface area contributed by atoms with Crippen molar-refractivity contribution in [3.05, 3.63) is 78.7 Å². The second kappa shape index (κ2) is 5.85. The molecule has 2 aromatic carbocycles. The Hall–Kier alpha value is -2.09. The van der Waals surface area contributed by atoms with Crippen LogP contribution in [0, 0.1) is 6.92 Å². The maximum atomic E-state index is 5.08.